The molecule has 0 saturated heterocycles. The van der Waals surface area contributed by atoms with Gasteiger partial charge < -0.3 is 19.9 Å². The van der Waals surface area contributed by atoms with Crippen molar-refractivity contribution in [3.05, 3.63) is 53.6 Å². The minimum absolute atomic E-state index is 0.290. The third-order valence-electron chi connectivity index (χ3n) is 3.22. The molecule has 132 valence electrons. The molecule has 0 aromatic heterocycles. The normalized spacial score (nSPS) is 10.5. The number of carbonyl (C=O) groups is 1. The topological polar surface area (TPSA) is 95.2 Å². The SMILES string of the molecule is CCOc1ccccc1OCc1cc(C=NNC(N)=O)ccc1OC. The number of urea groups is 1. The van der Waals surface area contributed by atoms with Crippen LogP contribution in [0, 0.1) is 0 Å². The Hall–Kier alpha value is -3.22. The lowest BCUT2D eigenvalue weighted by molar-refractivity contribution is 0.249. The standard InChI is InChI=1S/C18H21N3O4/c1-3-24-16-6-4-5-7-17(16)25-12-14-10-13(8-9-15(14)23-2)11-20-21-18(19)22/h4-11H,3,12H2,1-2H3,(H3,19,21,22). The number of benzene rings is 2. The predicted octanol–water partition coefficient (Wildman–Crippen LogP) is 2.68. The Morgan fingerprint density at radius 2 is 1.88 bits per heavy atom. The molecular weight excluding hydrogens is 322 g/mol. The molecule has 2 aromatic carbocycles. The Morgan fingerprint density at radius 3 is 2.52 bits per heavy atom. The first-order valence-corrected chi connectivity index (χ1v) is 7.74. The number of methoxy groups -OCH3 is 1. The van der Waals surface area contributed by atoms with Gasteiger partial charge in [-0.15, -0.1) is 0 Å². The van der Waals surface area contributed by atoms with Gasteiger partial charge in [0, 0.05) is 5.56 Å². The molecule has 0 radical (unpaired) electrons. The summed E-state index contributed by atoms with van der Waals surface area (Å²) in [5.74, 6) is 2.03. The molecule has 7 nitrogen and oxygen atoms in total. The van der Waals surface area contributed by atoms with Crippen LogP contribution >= 0.6 is 0 Å². The van der Waals surface area contributed by atoms with Crippen LogP contribution in [-0.2, 0) is 6.61 Å². The van der Waals surface area contributed by atoms with Crippen molar-refractivity contribution >= 4 is 12.2 Å². The van der Waals surface area contributed by atoms with Crippen LogP contribution in [0.1, 0.15) is 18.1 Å². The Bertz CT molecular complexity index is 747. The Balaban J connectivity index is 2.15. The third kappa shape index (κ3) is 5.42. The van der Waals surface area contributed by atoms with E-state index >= 15 is 0 Å². The smallest absolute Gasteiger partial charge is 0.332 e. The van der Waals surface area contributed by atoms with E-state index in [-0.39, 0.29) is 6.61 Å². The summed E-state index contributed by atoms with van der Waals surface area (Å²) in [5.41, 5.74) is 8.72. The highest BCUT2D eigenvalue weighted by Crippen LogP contribution is 2.28. The van der Waals surface area contributed by atoms with Crippen molar-refractivity contribution in [1.29, 1.82) is 0 Å². The molecule has 2 aromatic rings. The molecular formula is C18H21N3O4. The maximum atomic E-state index is 10.6. The molecule has 0 aliphatic heterocycles. The number of nitrogens with two attached hydrogens (primary N) is 1. The molecule has 25 heavy (non-hydrogen) atoms. The molecule has 3 N–H and O–H groups in total. The van der Waals surface area contributed by atoms with Crippen molar-refractivity contribution in [1.82, 2.24) is 5.43 Å². The van der Waals surface area contributed by atoms with Gasteiger partial charge >= 0.3 is 6.03 Å². The molecule has 0 unspecified atom stereocenters. The fourth-order valence-corrected chi connectivity index (χ4v) is 2.16. The van der Waals surface area contributed by atoms with E-state index in [0.717, 1.165) is 11.1 Å². The summed E-state index contributed by atoms with van der Waals surface area (Å²) in [5, 5.41) is 3.74. The summed E-state index contributed by atoms with van der Waals surface area (Å²) in [4.78, 5) is 10.6. The van der Waals surface area contributed by atoms with Crippen molar-refractivity contribution in [2.24, 2.45) is 10.8 Å². The van der Waals surface area contributed by atoms with Gasteiger partial charge in [-0.2, -0.15) is 5.10 Å². The Labute approximate surface area is 146 Å². The first kappa shape index (κ1) is 18.1. The quantitative estimate of drug-likeness (QED) is 0.569. The second-order valence-electron chi connectivity index (χ2n) is 4.97. The minimum atomic E-state index is -0.721. The van der Waals surface area contributed by atoms with Crippen molar-refractivity contribution in [3.8, 4) is 17.2 Å². The minimum Gasteiger partial charge on any atom is -0.496 e. The highest BCUT2D eigenvalue weighted by Gasteiger charge is 2.08. The molecule has 0 aliphatic carbocycles. The number of hydrogen-bond donors (Lipinski definition) is 2. The Morgan fingerprint density at radius 1 is 1.16 bits per heavy atom. The van der Waals surface area contributed by atoms with Crippen LogP contribution in [0.4, 0.5) is 4.79 Å². The van der Waals surface area contributed by atoms with Gasteiger partial charge in [0.25, 0.3) is 0 Å². The number of amides is 2. The Kier molecular flexibility index (Phi) is 6.65. The number of carbonyl (C=O) groups excluding carboxylic acids is 1. The zero-order valence-electron chi connectivity index (χ0n) is 14.2. The zero-order valence-corrected chi connectivity index (χ0v) is 14.2. The molecule has 0 atom stereocenters. The van der Waals surface area contributed by atoms with E-state index in [0.29, 0.717) is 23.9 Å². The number of para-hydroxylation sites is 2. The molecule has 7 heteroatoms. The molecule has 2 amide bonds. The number of hydrogen-bond acceptors (Lipinski definition) is 5. The average molecular weight is 343 g/mol. The molecule has 2 rings (SSSR count). The van der Waals surface area contributed by atoms with Crippen LogP contribution in [0.15, 0.2) is 47.6 Å². The van der Waals surface area contributed by atoms with Crippen LogP contribution in [0.5, 0.6) is 17.2 Å². The van der Waals surface area contributed by atoms with Crippen molar-refractivity contribution in [2.75, 3.05) is 13.7 Å². The van der Waals surface area contributed by atoms with Gasteiger partial charge in [-0.3, -0.25) is 0 Å². The van der Waals surface area contributed by atoms with Crippen molar-refractivity contribution in [2.45, 2.75) is 13.5 Å². The summed E-state index contributed by atoms with van der Waals surface area (Å²) >= 11 is 0. The van der Waals surface area contributed by atoms with Gasteiger partial charge in [-0.1, -0.05) is 12.1 Å². The fraction of sp³-hybridized carbons (Fsp3) is 0.222. The van der Waals surface area contributed by atoms with Crippen LogP contribution in [0.25, 0.3) is 0 Å². The van der Waals surface area contributed by atoms with Gasteiger partial charge in [0.15, 0.2) is 11.5 Å². The van der Waals surface area contributed by atoms with E-state index in [1.165, 1.54) is 6.21 Å². The maximum Gasteiger partial charge on any atom is 0.332 e. The molecule has 0 bridgehead atoms. The zero-order chi connectivity index (χ0) is 18.1. The average Bonchev–Trinajstić information content (AvgIpc) is 2.61. The number of nitrogens with zero attached hydrogens (tertiary/aromatic N) is 1. The van der Waals surface area contributed by atoms with Gasteiger partial charge in [-0.05, 0) is 42.8 Å². The summed E-state index contributed by atoms with van der Waals surface area (Å²) < 4.78 is 16.8. The summed E-state index contributed by atoms with van der Waals surface area (Å²) in [6.07, 6.45) is 1.49. The number of primary amides is 1. The van der Waals surface area contributed by atoms with Crippen molar-refractivity contribution < 1.29 is 19.0 Å². The third-order valence-corrected chi connectivity index (χ3v) is 3.22. The summed E-state index contributed by atoms with van der Waals surface area (Å²) in [6.45, 7) is 2.77. The highest BCUT2D eigenvalue weighted by atomic mass is 16.5. The lowest BCUT2D eigenvalue weighted by atomic mass is 10.1. The molecule has 0 spiro atoms. The van der Waals surface area contributed by atoms with Gasteiger partial charge in [0.2, 0.25) is 0 Å². The number of rotatable bonds is 8. The monoisotopic (exact) mass is 343 g/mol. The number of nitrogens with one attached hydrogen (secondary N) is 1. The molecule has 0 aliphatic rings. The fourth-order valence-electron chi connectivity index (χ4n) is 2.16. The van der Waals surface area contributed by atoms with Crippen LogP contribution < -0.4 is 25.4 Å². The van der Waals surface area contributed by atoms with E-state index < -0.39 is 6.03 Å². The van der Waals surface area contributed by atoms with Gasteiger partial charge in [0.05, 0.1) is 19.9 Å². The van der Waals surface area contributed by atoms with Crippen molar-refractivity contribution in [3.63, 3.8) is 0 Å². The summed E-state index contributed by atoms with van der Waals surface area (Å²) in [6, 6.07) is 12.2. The van der Waals surface area contributed by atoms with Crippen LogP contribution in [0.2, 0.25) is 0 Å². The number of hydrazone groups is 1. The first-order chi connectivity index (χ1) is 12.1. The predicted molar refractivity (Wildman–Crippen MR) is 95.3 cm³/mol. The highest BCUT2D eigenvalue weighted by molar-refractivity contribution is 5.82. The lowest BCUT2D eigenvalue weighted by Crippen LogP contribution is -2.24. The second-order valence-corrected chi connectivity index (χ2v) is 4.97. The largest absolute Gasteiger partial charge is 0.496 e. The van der Waals surface area contributed by atoms with E-state index in [9.17, 15) is 4.79 Å². The van der Waals surface area contributed by atoms with E-state index in [2.05, 4.69) is 10.5 Å². The van der Waals surface area contributed by atoms with Gasteiger partial charge in [-0.25, -0.2) is 10.2 Å². The second kappa shape index (κ2) is 9.17. The number of ether oxygens (including phenoxy) is 3. The van der Waals surface area contributed by atoms with Crippen LogP contribution in [-0.4, -0.2) is 26.0 Å². The lowest BCUT2D eigenvalue weighted by Gasteiger charge is -2.14. The van der Waals surface area contributed by atoms with E-state index in [1.54, 1.807) is 13.2 Å². The van der Waals surface area contributed by atoms with Gasteiger partial charge in [0.1, 0.15) is 12.4 Å². The molecule has 0 heterocycles. The molecule has 0 saturated carbocycles. The maximum absolute atomic E-state index is 10.6. The molecule has 0 fully saturated rings. The van der Waals surface area contributed by atoms with Crippen LogP contribution in [0.3, 0.4) is 0 Å². The first-order valence-electron chi connectivity index (χ1n) is 7.74. The van der Waals surface area contributed by atoms with E-state index in [4.69, 9.17) is 19.9 Å². The summed E-state index contributed by atoms with van der Waals surface area (Å²) in [7, 11) is 1.59. The van der Waals surface area contributed by atoms with E-state index in [1.807, 2.05) is 43.3 Å².